The van der Waals surface area contributed by atoms with E-state index in [0.29, 0.717) is 110 Å². The number of carbonyl (C=O) groups is 6. The second kappa shape index (κ2) is 28.1. The minimum Gasteiger partial charge on any atom is -0.481 e. The number of hydrogen-bond acceptors (Lipinski definition) is 18. The summed E-state index contributed by atoms with van der Waals surface area (Å²) in [6.07, 6.45) is 3.39. The Bertz CT molecular complexity index is 3680. The van der Waals surface area contributed by atoms with Crippen molar-refractivity contribution in [2.24, 2.45) is 9.98 Å². The molecule has 4 saturated heterocycles. The maximum Gasteiger partial charge on any atom is 0.338 e. The van der Waals surface area contributed by atoms with Crippen LogP contribution in [0.2, 0.25) is 10.0 Å². The lowest BCUT2D eigenvalue weighted by atomic mass is 9.95. The number of halogens is 4. The third-order valence-corrected chi connectivity index (χ3v) is 19.2. The number of nitrogens with zero attached hydrogens (tertiary/aromatic N) is 10. The summed E-state index contributed by atoms with van der Waals surface area (Å²) in [5, 5.41) is 30.1. The third kappa shape index (κ3) is 14.0. The van der Waals surface area contributed by atoms with Gasteiger partial charge < -0.3 is 40.1 Å². The molecule has 92 heavy (non-hydrogen) atoms. The van der Waals surface area contributed by atoms with Gasteiger partial charge in [-0.05, 0) is 71.5 Å². The molecule has 0 radical (unpaired) electrons. The molecule has 0 unspecified atom stereocenters. The molecule has 480 valence electrons. The predicted octanol–water partition coefficient (Wildman–Crippen LogP) is 9.32. The summed E-state index contributed by atoms with van der Waals surface area (Å²) in [5.41, 5.74) is 5.89. The predicted molar refractivity (Wildman–Crippen MR) is 344 cm³/mol. The molecule has 6 aliphatic heterocycles. The zero-order valence-corrected chi connectivity index (χ0v) is 53.4. The molecule has 8 heterocycles. The van der Waals surface area contributed by atoms with Crippen LogP contribution in [0.1, 0.15) is 82.9 Å². The van der Waals surface area contributed by atoms with Crippen LogP contribution in [0.25, 0.3) is 0 Å². The number of esters is 2. The number of aliphatic imine (C=N–C) groups is 2. The van der Waals surface area contributed by atoms with E-state index in [2.05, 4.69) is 30.4 Å². The maximum atomic E-state index is 14.0. The number of fused-ring (bicyclic) bond motifs is 2. The zero-order chi connectivity index (χ0) is 65.1. The van der Waals surface area contributed by atoms with E-state index in [1.807, 2.05) is 82.9 Å². The Morgan fingerprint density at radius 1 is 0.598 bits per heavy atom. The molecule has 12 rings (SSSR count). The molecule has 0 spiro atoms. The first kappa shape index (κ1) is 64.9. The normalized spacial score (nSPS) is 20.7. The lowest BCUT2D eigenvalue weighted by molar-refractivity contribution is -0.138. The minimum absolute atomic E-state index is 0.0333. The number of thiazole rings is 2. The maximum absolute atomic E-state index is 14.0. The van der Waals surface area contributed by atoms with Crippen LogP contribution >= 0.6 is 45.9 Å². The summed E-state index contributed by atoms with van der Waals surface area (Å²) in [7, 11) is 2.60. The summed E-state index contributed by atoms with van der Waals surface area (Å²) in [5.74, 6) is -3.24. The highest BCUT2D eigenvalue weighted by atomic mass is 35.5. The van der Waals surface area contributed by atoms with Crippen LogP contribution in [0.4, 0.5) is 29.7 Å². The minimum atomic E-state index is -0.860. The van der Waals surface area contributed by atoms with Gasteiger partial charge in [-0.2, -0.15) is 0 Å². The van der Waals surface area contributed by atoms with Gasteiger partial charge in [0, 0.05) is 133 Å². The molecule has 6 aliphatic rings. The Morgan fingerprint density at radius 2 is 0.989 bits per heavy atom. The molecule has 6 atom stereocenters. The van der Waals surface area contributed by atoms with Gasteiger partial charge in [-0.1, -0.05) is 73.4 Å². The van der Waals surface area contributed by atoms with E-state index in [-0.39, 0.29) is 70.0 Å². The van der Waals surface area contributed by atoms with Crippen LogP contribution in [0.3, 0.4) is 0 Å². The number of anilines is 2. The molecule has 4 fully saturated rings. The van der Waals surface area contributed by atoms with Crippen LogP contribution in [0.5, 0.6) is 0 Å². The molecule has 4 amide bonds. The molecular formula is C64H64Cl2F2N12O10S2. The van der Waals surface area contributed by atoms with Crippen molar-refractivity contribution in [1.82, 2.24) is 40.2 Å². The second-order valence-corrected chi connectivity index (χ2v) is 25.5. The second-order valence-electron chi connectivity index (χ2n) is 22.9. The highest BCUT2D eigenvalue weighted by Crippen LogP contribution is 2.40. The van der Waals surface area contributed by atoms with Gasteiger partial charge in [0.25, 0.3) is 0 Å². The molecule has 4 aromatic carbocycles. The van der Waals surface area contributed by atoms with Gasteiger partial charge in [0.1, 0.15) is 23.7 Å². The van der Waals surface area contributed by atoms with Gasteiger partial charge in [0.15, 0.2) is 21.7 Å². The number of aliphatic carboxylic acids is 2. The van der Waals surface area contributed by atoms with Crippen molar-refractivity contribution in [1.29, 1.82) is 0 Å². The van der Waals surface area contributed by atoms with Crippen molar-refractivity contribution < 1.29 is 57.2 Å². The molecule has 4 N–H and O–H groups in total. The van der Waals surface area contributed by atoms with Crippen molar-refractivity contribution in [2.45, 2.75) is 62.7 Å². The molecule has 2 aromatic heterocycles. The summed E-state index contributed by atoms with van der Waals surface area (Å²) in [4.78, 5) is 106. The Kier molecular flexibility index (Phi) is 19.8. The highest BCUT2D eigenvalue weighted by molar-refractivity contribution is 7.12. The average molecular weight is 1330 g/mol. The van der Waals surface area contributed by atoms with Gasteiger partial charge in [0.05, 0.1) is 50.3 Å². The molecular weight excluding hydrogens is 1270 g/mol. The fraction of sp³-hybridized carbons (Fsp3) is 0.344. The molecule has 6 aromatic rings. The van der Waals surface area contributed by atoms with Gasteiger partial charge >= 0.3 is 35.9 Å². The lowest BCUT2D eigenvalue weighted by Crippen LogP contribution is -2.53. The monoisotopic (exact) mass is 1330 g/mol. The lowest BCUT2D eigenvalue weighted by Gasteiger charge is -2.38. The van der Waals surface area contributed by atoms with Crippen molar-refractivity contribution >= 4 is 105 Å². The molecule has 0 bridgehead atoms. The van der Waals surface area contributed by atoms with Crippen molar-refractivity contribution in [2.75, 3.05) is 89.5 Å². The van der Waals surface area contributed by atoms with Crippen molar-refractivity contribution in [3.8, 4) is 0 Å². The van der Waals surface area contributed by atoms with E-state index >= 15 is 0 Å². The van der Waals surface area contributed by atoms with E-state index in [1.165, 1.54) is 73.3 Å². The third-order valence-electron chi connectivity index (χ3n) is 17.0. The number of carbonyl (C=O) groups excluding carboxylic acids is 4. The fourth-order valence-electron chi connectivity index (χ4n) is 12.4. The van der Waals surface area contributed by atoms with Gasteiger partial charge in [-0.15, -0.1) is 22.7 Å². The van der Waals surface area contributed by atoms with Gasteiger partial charge in [-0.3, -0.25) is 39.2 Å². The molecule has 22 nitrogen and oxygen atoms in total. The van der Waals surface area contributed by atoms with E-state index in [1.54, 1.807) is 22.2 Å². The first-order chi connectivity index (χ1) is 44.2. The van der Waals surface area contributed by atoms with Crippen molar-refractivity contribution in [3.63, 3.8) is 0 Å². The quantitative estimate of drug-likeness (QED) is 0.0585. The van der Waals surface area contributed by atoms with Crippen molar-refractivity contribution in [3.05, 3.63) is 185 Å². The summed E-state index contributed by atoms with van der Waals surface area (Å²) < 4.78 is 38.4. The molecule has 0 aliphatic carbocycles. The first-order valence-corrected chi connectivity index (χ1v) is 32.0. The van der Waals surface area contributed by atoms with E-state index in [4.69, 9.17) is 52.9 Å². The summed E-state index contributed by atoms with van der Waals surface area (Å²) >= 11 is 15.7. The molecule has 0 saturated carbocycles. The number of nitrogens with one attached hydrogen (secondary N) is 2. The van der Waals surface area contributed by atoms with E-state index in [9.17, 15) is 37.5 Å². The first-order valence-electron chi connectivity index (χ1n) is 29.5. The number of rotatable bonds is 18. The number of carboxylic acid groups (broad SMARTS) is 2. The number of carboxylic acids is 2. The fourth-order valence-corrected chi connectivity index (χ4v) is 14.1. The van der Waals surface area contributed by atoms with Crippen LogP contribution in [-0.2, 0) is 28.7 Å². The van der Waals surface area contributed by atoms with Crippen LogP contribution in [0, 0.1) is 11.6 Å². The molecule has 28 heteroatoms. The number of ether oxygens (including phenoxy) is 2. The average Bonchev–Trinajstić information content (AvgIpc) is 1.06. The number of piperazine rings is 2. The number of hydrogen-bond donors (Lipinski definition) is 4. The Morgan fingerprint density at radius 3 is 1.33 bits per heavy atom. The van der Waals surface area contributed by atoms with Crippen LogP contribution in [0.15, 0.2) is 141 Å². The van der Waals surface area contributed by atoms with E-state index < -0.39 is 47.6 Å². The summed E-state index contributed by atoms with van der Waals surface area (Å²) in [6, 6.07) is 20.9. The number of benzene rings is 4. The Balaban J connectivity index is 0.000000188. The van der Waals surface area contributed by atoms with Crippen LogP contribution in [-0.4, -0.2) is 179 Å². The highest BCUT2D eigenvalue weighted by Gasteiger charge is 2.45. The standard InChI is InChI=1S/2C32H32ClFN6O5S/c2*1-18(13-26(41)42)19-3-6-21(7-4-19)40-16-22-15-38(10-11-39(22)32(40)44)17-25-27(31(43)45-2)28(23-8-5-20(34)14-24(23)33)37-29(36-25)30-35-9-12-46-30/h2*3-9,12,14,18,22,28H,10-11,13,15-17H2,1-2H3,(H,36,37)(H,41,42)/t18-,22+,28+;18-,22-,28-/m10/s1. The number of urea groups is 2. The Labute approximate surface area is 546 Å². The van der Waals surface area contributed by atoms with E-state index in [0.717, 1.165) is 22.5 Å². The largest absolute Gasteiger partial charge is 0.481 e. The number of aromatic nitrogens is 2. The van der Waals surface area contributed by atoms with Gasteiger partial charge in [-0.25, -0.2) is 37.9 Å². The number of amides is 4. The summed E-state index contributed by atoms with van der Waals surface area (Å²) in [6.45, 7) is 8.59. The topological polar surface area (TPSA) is 255 Å². The smallest absolute Gasteiger partial charge is 0.338 e. The zero-order valence-electron chi connectivity index (χ0n) is 50.3. The number of methoxy groups -OCH3 is 2. The van der Waals surface area contributed by atoms with Crippen LogP contribution < -0.4 is 20.4 Å². The Hall–Kier alpha value is -8.66. The number of amidine groups is 2. The SMILES string of the molecule is COC(=O)C1=C(CN2CCN3C(=O)N(c4ccc([C@@H](C)CC(=O)O)cc4)C[C@@H]3C2)NC(c2nccs2)=N[C@H]1c1ccc(F)cc1Cl.COC(=O)C1=C(CN2CCN3C(=O)N(c4ccc([C@H](C)CC(=O)O)cc4)C[C@@H]3C2)NC(c2nccs2)=N[C@H]1c1ccc(F)cc1Cl. The van der Waals surface area contributed by atoms with Gasteiger partial charge in [0.2, 0.25) is 0 Å².